The van der Waals surface area contributed by atoms with E-state index in [0.717, 1.165) is 16.7 Å². The van der Waals surface area contributed by atoms with Crippen LogP contribution in [0.5, 0.6) is 0 Å². The van der Waals surface area contributed by atoms with Crippen LogP contribution >= 0.6 is 0 Å². The number of hydrogen-bond donors (Lipinski definition) is 1. The van der Waals surface area contributed by atoms with Crippen molar-refractivity contribution in [2.24, 2.45) is 0 Å². The molecule has 2 aromatic rings. The van der Waals surface area contributed by atoms with Gasteiger partial charge >= 0.3 is 98.7 Å². The number of nitrogens with one attached hydrogen (secondary N) is 1. The monoisotopic (exact) mass is 285 g/mol. The van der Waals surface area contributed by atoms with Gasteiger partial charge in [0.15, 0.2) is 0 Å². The summed E-state index contributed by atoms with van der Waals surface area (Å²) in [7, 11) is 1.37. The molecule has 0 saturated heterocycles. The molecular formula is C10H11N3O2Se. The summed E-state index contributed by atoms with van der Waals surface area (Å²) in [6.45, 7) is 1.75. The van der Waals surface area contributed by atoms with E-state index in [1.807, 2.05) is 18.2 Å². The van der Waals surface area contributed by atoms with Crippen LogP contribution in [-0.2, 0) is 9.53 Å². The van der Waals surface area contributed by atoms with Gasteiger partial charge in [-0.05, 0) is 0 Å². The van der Waals surface area contributed by atoms with Gasteiger partial charge in [-0.15, -0.1) is 0 Å². The number of ether oxygens (including phenoxy) is 1. The van der Waals surface area contributed by atoms with Crippen molar-refractivity contribution in [3.8, 4) is 0 Å². The third kappa shape index (κ3) is 2.08. The minimum atomic E-state index is -0.389. The zero-order chi connectivity index (χ0) is 11.5. The number of carbonyl (C=O) groups excluding carboxylic acids is 1. The number of hydrogen-bond acceptors (Lipinski definition) is 5. The molecule has 5 nitrogen and oxygen atoms in total. The van der Waals surface area contributed by atoms with Crippen LogP contribution in [0.4, 0.5) is 5.69 Å². The first kappa shape index (κ1) is 11.1. The first-order valence-electron chi connectivity index (χ1n) is 4.78. The van der Waals surface area contributed by atoms with Crippen molar-refractivity contribution in [1.82, 2.24) is 7.96 Å². The molecule has 0 amide bonds. The number of anilines is 1. The Labute approximate surface area is 99.0 Å². The van der Waals surface area contributed by atoms with E-state index in [0.29, 0.717) is 0 Å². The number of rotatable bonds is 3. The van der Waals surface area contributed by atoms with Crippen molar-refractivity contribution < 1.29 is 9.53 Å². The van der Waals surface area contributed by atoms with Crippen LogP contribution in [0.15, 0.2) is 18.2 Å². The summed E-state index contributed by atoms with van der Waals surface area (Å²) in [6, 6.07) is 5.31. The minimum absolute atomic E-state index is 0.0609. The second kappa shape index (κ2) is 4.63. The van der Waals surface area contributed by atoms with Crippen LogP contribution < -0.4 is 5.32 Å². The van der Waals surface area contributed by atoms with E-state index in [1.165, 1.54) is 7.11 Å². The number of benzene rings is 1. The molecule has 1 aromatic heterocycles. The van der Waals surface area contributed by atoms with Gasteiger partial charge in [0.25, 0.3) is 0 Å². The van der Waals surface area contributed by atoms with Crippen LogP contribution in [0.25, 0.3) is 11.0 Å². The molecule has 2 rings (SSSR count). The first-order chi connectivity index (χ1) is 7.72. The summed E-state index contributed by atoms with van der Waals surface area (Å²) in [5.74, 6) is -0.293. The summed E-state index contributed by atoms with van der Waals surface area (Å²) in [5.41, 5.74) is 2.57. The van der Waals surface area contributed by atoms with E-state index in [9.17, 15) is 4.79 Å². The standard InChI is InChI=1S/C10H11N3O2Se/c1-6(10(14)15-2)11-7-4-3-5-8-9(7)13-16-12-8/h3-6,11H,1-2H3. The second-order valence-corrected chi connectivity index (χ2v) is 4.44. The van der Waals surface area contributed by atoms with Gasteiger partial charge in [-0.2, -0.15) is 0 Å². The molecule has 1 heterocycles. The summed E-state index contributed by atoms with van der Waals surface area (Å²) in [4.78, 5) is 11.3. The second-order valence-electron chi connectivity index (χ2n) is 3.33. The molecule has 0 aliphatic rings. The Kier molecular flexibility index (Phi) is 3.22. The molecule has 0 fully saturated rings. The summed E-state index contributed by atoms with van der Waals surface area (Å²) < 4.78 is 13.2. The number of fused-ring (bicyclic) bond motifs is 1. The van der Waals surface area contributed by atoms with Gasteiger partial charge in [0, 0.05) is 0 Å². The van der Waals surface area contributed by atoms with Gasteiger partial charge in [-0.3, -0.25) is 0 Å². The van der Waals surface area contributed by atoms with E-state index in [-0.39, 0.29) is 27.0 Å². The molecule has 0 radical (unpaired) electrons. The van der Waals surface area contributed by atoms with Crippen molar-refractivity contribution in [1.29, 1.82) is 0 Å². The molecule has 16 heavy (non-hydrogen) atoms. The molecule has 84 valence electrons. The molecule has 6 heteroatoms. The van der Waals surface area contributed by atoms with Crippen LogP contribution in [-0.4, -0.2) is 42.0 Å². The molecule has 0 bridgehead atoms. The molecule has 0 spiro atoms. The number of aromatic nitrogens is 2. The Balaban J connectivity index is 2.27. The van der Waals surface area contributed by atoms with Crippen molar-refractivity contribution >= 4 is 37.7 Å². The van der Waals surface area contributed by atoms with Gasteiger partial charge in [0.2, 0.25) is 0 Å². The predicted octanol–water partition coefficient (Wildman–Crippen LogP) is 0.660. The topological polar surface area (TPSA) is 64.1 Å². The molecular weight excluding hydrogens is 273 g/mol. The molecule has 0 aliphatic heterocycles. The Morgan fingerprint density at radius 1 is 1.50 bits per heavy atom. The molecule has 1 unspecified atom stereocenters. The van der Waals surface area contributed by atoms with E-state index < -0.39 is 0 Å². The van der Waals surface area contributed by atoms with E-state index in [2.05, 4.69) is 18.0 Å². The molecule has 0 saturated carbocycles. The Hall–Kier alpha value is -1.39. The fraction of sp³-hybridized carbons (Fsp3) is 0.300. The van der Waals surface area contributed by atoms with Crippen molar-refractivity contribution in [3.63, 3.8) is 0 Å². The fourth-order valence-electron chi connectivity index (χ4n) is 1.39. The average Bonchev–Trinajstić information content (AvgIpc) is 2.77. The fourth-order valence-corrected chi connectivity index (χ4v) is 2.54. The molecule has 1 atom stereocenters. The summed E-state index contributed by atoms with van der Waals surface area (Å²) in [5, 5.41) is 3.07. The number of nitrogens with zero attached hydrogens (tertiary/aromatic N) is 2. The quantitative estimate of drug-likeness (QED) is 0.662. The first-order valence-corrected chi connectivity index (χ1v) is 6.31. The Morgan fingerprint density at radius 3 is 3.06 bits per heavy atom. The third-order valence-electron chi connectivity index (χ3n) is 2.21. The van der Waals surface area contributed by atoms with Crippen molar-refractivity contribution in [3.05, 3.63) is 18.2 Å². The molecule has 1 N–H and O–H groups in total. The van der Waals surface area contributed by atoms with Gasteiger partial charge < -0.3 is 0 Å². The zero-order valence-electron chi connectivity index (χ0n) is 8.93. The Morgan fingerprint density at radius 2 is 2.31 bits per heavy atom. The number of esters is 1. The van der Waals surface area contributed by atoms with Crippen LogP contribution in [0.2, 0.25) is 0 Å². The van der Waals surface area contributed by atoms with E-state index in [4.69, 9.17) is 0 Å². The van der Waals surface area contributed by atoms with Gasteiger partial charge in [-0.1, -0.05) is 0 Å². The Bertz CT molecular complexity index is 511. The maximum absolute atomic E-state index is 11.3. The van der Waals surface area contributed by atoms with E-state index in [1.54, 1.807) is 6.92 Å². The van der Waals surface area contributed by atoms with Gasteiger partial charge in [0.1, 0.15) is 0 Å². The van der Waals surface area contributed by atoms with Crippen LogP contribution in [0.1, 0.15) is 6.92 Å². The number of carbonyl (C=O) groups is 1. The summed E-state index contributed by atoms with van der Waals surface area (Å²) in [6.07, 6.45) is 0. The predicted molar refractivity (Wildman–Crippen MR) is 61.6 cm³/mol. The third-order valence-corrected chi connectivity index (χ3v) is 3.35. The average molecular weight is 284 g/mol. The zero-order valence-corrected chi connectivity index (χ0v) is 10.6. The SMILES string of the molecule is COC(=O)C(C)Nc1cccc2n[se]nc12. The molecule has 1 aromatic carbocycles. The van der Waals surface area contributed by atoms with Crippen molar-refractivity contribution in [2.75, 3.05) is 12.4 Å². The van der Waals surface area contributed by atoms with Gasteiger partial charge in [0.05, 0.1) is 0 Å². The van der Waals surface area contributed by atoms with Gasteiger partial charge in [-0.25, -0.2) is 0 Å². The van der Waals surface area contributed by atoms with Crippen molar-refractivity contribution in [2.45, 2.75) is 13.0 Å². The van der Waals surface area contributed by atoms with Crippen LogP contribution in [0.3, 0.4) is 0 Å². The number of methoxy groups -OCH3 is 1. The van der Waals surface area contributed by atoms with Crippen LogP contribution in [0, 0.1) is 0 Å². The normalized spacial score (nSPS) is 12.4. The molecule has 0 aliphatic carbocycles. The summed E-state index contributed by atoms with van der Waals surface area (Å²) >= 11 is -0.0609. The van der Waals surface area contributed by atoms with E-state index >= 15 is 0 Å². The maximum atomic E-state index is 11.3.